The lowest BCUT2D eigenvalue weighted by molar-refractivity contribution is 0.263. The third-order valence-electron chi connectivity index (χ3n) is 3.23. The maximum Gasteiger partial charge on any atom is 0.112 e. The van der Waals surface area contributed by atoms with Crippen LogP contribution in [0.4, 0.5) is 0 Å². The van der Waals surface area contributed by atoms with Crippen LogP contribution < -0.4 is 0 Å². The Kier molecular flexibility index (Phi) is 4.62. The summed E-state index contributed by atoms with van der Waals surface area (Å²) >= 11 is 2.30. The number of hydrogen-bond acceptors (Lipinski definition) is 2. The van der Waals surface area contributed by atoms with E-state index < -0.39 is 0 Å². The molecule has 0 aromatic carbocycles. The number of rotatable bonds is 3. The van der Waals surface area contributed by atoms with Gasteiger partial charge < -0.3 is 5.11 Å². The SMILES string of the molecule is CCC1=CC(C(C)(C)N(C)I)C=C(O)C=C1. The molecule has 0 saturated heterocycles. The van der Waals surface area contributed by atoms with Crippen LogP contribution in [-0.4, -0.2) is 20.8 Å². The van der Waals surface area contributed by atoms with Gasteiger partial charge in [0.25, 0.3) is 0 Å². The van der Waals surface area contributed by atoms with Crippen LogP contribution in [0.5, 0.6) is 0 Å². The molecule has 1 rings (SSSR count). The molecule has 0 heterocycles. The zero-order valence-corrected chi connectivity index (χ0v) is 12.5. The summed E-state index contributed by atoms with van der Waals surface area (Å²) in [5.74, 6) is 0.579. The first-order valence-electron chi connectivity index (χ1n) is 5.57. The van der Waals surface area contributed by atoms with Crippen LogP contribution in [0.25, 0.3) is 0 Å². The third-order valence-corrected chi connectivity index (χ3v) is 4.47. The molecule has 0 aromatic heterocycles. The number of nitrogens with zero attached hydrogens (tertiary/aromatic N) is 1. The Hall–Kier alpha value is -0.290. The minimum atomic E-state index is -0.0129. The summed E-state index contributed by atoms with van der Waals surface area (Å²) in [6.45, 7) is 6.50. The highest BCUT2D eigenvalue weighted by atomic mass is 127. The highest BCUT2D eigenvalue weighted by molar-refractivity contribution is 14.1. The van der Waals surface area contributed by atoms with E-state index in [1.54, 1.807) is 6.08 Å². The van der Waals surface area contributed by atoms with E-state index >= 15 is 0 Å². The standard InChI is InChI=1S/C13H20INO/c1-5-10-6-7-12(16)9-11(8-10)13(2,3)15(4)14/h6-9,11,16H,5H2,1-4H3. The van der Waals surface area contributed by atoms with Crippen molar-refractivity contribution < 1.29 is 5.11 Å². The van der Waals surface area contributed by atoms with Crippen LogP contribution in [0.15, 0.2) is 35.6 Å². The lowest BCUT2D eigenvalue weighted by Gasteiger charge is -2.35. The number of aliphatic hydroxyl groups is 1. The third kappa shape index (κ3) is 3.10. The molecule has 1 aliphatic rings. The molecule has 90 valence electrons. The molecule has 1 atom stereocenters. The predicted molar refractivity (Wildman–Crippen MR) is 77.6 cm³/mol. The van der Waals surface area contributed by atoms with E-state index in [0.717, 1.165) is 6.42 Å². The summed E-state index contributed by atoms with van der Waals surface area (Å²) < 4.78 is 2.16. The van der Waals surface area contributed by atoms with Crippen molar-refractivity contribution in [2.45, 2.75) is 32.7 Å². The molecule has 0 aliphatic heterocycles. The second-order valence-electron chi connectivity index (χ2n) is 4.68. The molecule has 0 radical (unpaired) electrons. The number of allylic oxidation sites excluding steroid dienone is 3. The molecular formula is C13H20INO. The summed E-state index contributed by atoms with van der Waals surface area (Å²) in [6, 6.07) is 0. The van der Waals surface area contributed by atoms with E-state index in [2.05, 4.69) is 59.9 Å². The minimum absolute atomic E-state index is 0.0129. The monoisotopic (exact) mass is 333 g/mol. The fourth-order valence-electron chi connectivity index (χ4n) is 1.62. The summed E-state index contributed by atoms with van der Waals surface area (Å²) in [7, 11) is 2.06. The summed E-state index contributed by atoms with van der Waals surface area (Å²) in [5, 5.41) is 9.74. The zero-order chi connectivity index (χ0) is 12.3. The van der Waals surface area contributed by atoms with Crippen molar-refractivity contribution in [3.8, 4) is 0 Å². The Morgan fingerprint density at radius 3 is 2.50 bits per heavy atom. The number of hydrogen-bond donors (Lipinski definition) is 1. The van der Waals surface area contributed by atoms with Gasteiger partial charge in [0.05, 0.1) is 0 Å². The minimum Gasteiger partial charge on any atom is -0.508 e. The molecule has 0 bridgehead atoms. The van der Waals surface area contributed by atoms with Crippen LogP contribution in [0.1, 0.15) is 27.2 Å². The maximum atomic E-state index is 9.74. The van der Waals surface area contributed by atoms with E-state index in [-0.39, 0.29) is 11.5 Å². The van der Waals surface area contributed by atoms with Crippen LogP contribution in [0, 0.1) is 5.92 Å². The molecule has 0 aromatic rings. The fourth-order valence-corrected chi connectivity index (χ4v) is 1.94. The Bertz CT molecular complexity index is 340. The first-order valence-corrected chi connectivity index (χ1v) is 6.53. The first kappa shape index (κ1) is 13.8. The van der Waals surface area contributed by atoms with E-state index in [1.165, 1.54) is 5.57 Å². The fraction of sp³-hybridized carbons (Fsp3) is 0.538. The van der Waals surface area contributed by atoms with Crippen LogP contribution in [0.3, 0.4) is 0 Å². The second kappa shape index (κ2) is 5.36. The van der Waals surface area contributed by atoms with Crippen LogP contribution in [0.2, 0.25) is 0 Å². The van der Waals surface area contributed by atoms with Gasteiger partial charge in [-0.15, -0.1) is 0 Å². The molecule has 0 amide bonds. The quantitative estimate of drug-likeness (QED) is 0.623. The molecular weight excluding hydrogens is 313 g/mol. The highest BCUT2D eigenvalue weighted by Crippen LogP contribution is 2.31. The van der Waals surface area contributed by atoms with Crippen LogP contribution >= 0.6 is 22.9 Å². The van der Waals surface area contributed by atoms with Gasteiger partial charge in [-0.2, -0.15) is 0 Å². The van der Waals surface area contributed by atoms with E-state index in [4.69, 9.17) is 0 Å². The lowest BCUT2D eigenvalue weighted by Crippen LogP contribution is -2.40. The van der Waals surface area contributed by atoms with E-state index in [9.17, 15) is 5.11 Å². The lowest BCUT2D eigenvalue weighted by atomic mass is 9.85. The van der Waals surface area contributed by atoms with Crippen molar-refractivity contribution in [3.63, 3.8) is 0 Å². The summed E-state index contributed by atoms with van der Waals surface area (Å²) in [5.41, 5.74) is 1.26. The Morgan fingerprint density at radius 2 is 2.00 bits per heavy atom. The Morgan fingerprint density at radius 1 is 1.38 bits per heavy atom. The molecule has 16 heavy (non-hydrogen) atoms. The average molecular weight is 333 g/mol. The molecule has 3 heteroatoms. The van der Waals surface area contributed by atoms with Gasteiger partial charge in [-0.25, -0.2) is 3.11 Å². The Labute approximate surface area is 112 Å². The topological polar surface area (TPSA) is 23.5 Å². The molecule has 1 unspecified atom stereocenters. The molecule has 0 fully saturated rings. The van der Waals surface area contributed by atoms with Gasteiger partial charge in [0.15, 0.2) is 0 Å². The summed E-state index contributed by atoms with van der Waals surface area (Å²) in [6.07, 6.45) is 8.94. The van der Waals surface area contributed by atoms with Crippen molar-refractivity contribution in [2.75, 3.05) is 7.05 Å². The molecule has 2 nitrogen and oxygen atoms in total. The van der Waals surface area contributed by atoms with E-state index in [1.807, 2.05) is 12.2 Å². The molecule has 0 saturated carbocycles. The van der Waals surface area contributed by atoms with Crippen molar-refractivity contribution in [2.24, 2.45) is 5.92 Å². The maximum absolute atomic E-state index is 9.74. The summed E-state index contributed by atoms with van der Waals surface area (Å²) in [4.78, 5) is 0. The van der Waals surface area contributed by atoms with Gasteiger partial charge in [-0.1, -0.05) is 24.6 Å². The normalized spacial score (nSPS) is 21.8. The van der Waals surface area contributed by atoms with Crippen molar-refractivity contribution >= 4 is 22.9 Å². The number of halogens is 1. The molecule has 1 aliphatic carbocycles. The predicted octanol–water partition coefficient (Wildman–Crippen LogP) is 4.01. The van der Waals surface area contributed by atoms with Crippen molar-refractivity contribution in [3.05, 3.63) is 35.6 Å². The number of aliphatic hydroxyl groups excluding tert-OH is 1. The largest absolute Gasteiger partial charge is 0.508 e. The smallest absolute Gasteiger partial charge is 0.112 e. The van der Waals surface area contributed by atoms with Crippen LogP contribution in [-0.2, 0) is 0 Å². The highest BCUT2D eigenvalue weighted by Gasteiger charge is 2.30. The molecule has 0 spiro atoms. The Balaban J connectivity index is 3.07. The van der Waals surface area contributed by atoms with Crippen molar-refractivity contribution in [1.82, 2.24) is 3.11 Å². The zero-order valence-electron chi connectivity index (χ0n) is 10.4. The molecule has 1 N–H and O–H groups in total. The van der Waals surface area contributed by atoms with Gasteiger partial charge in [-0.3, -0.25) is 0 Å². The van der Waals surface area contributed by atoms with Gasteiger partial charge in [0.2, 0.25) is 0 Å². The van der Waals surface area contributed by atoms with Crippen molar-refractivity contribution in [1.29, 1.82) is 0 Å². The van der Waals surface area contributed by atoms with Gasteiger partial charge in [0.1, 0.15) is 5.76 Å². The van der Waals surface area contributed by atoms with Gasteiger partial charge >= 0.3 is 0 Å². The first-order chi connectivity index (χ1) is 7.37. The average Bonchev–Trinajstić information content (AvgIpc) is 2.40. The van der Waals surface area contributed by atoms with Gasteiger partial charge in [-0.05, 0) is 39.5 Å². The van der Waals surface area contributed by atoms with Gasteiger partial charge in [0, 0.05) is 34.3 Å². The van der Waals surface area contributed by atoms with E-state index in [0.29, 0.717) is 5.76 Å². The second-order valence-corrected chi connectivity index (χ2v) is 6.12.